The predicted octanol–water partition coefficient (Wildman–Crippen LogP) is 2.49. The fourth-order valence-electron chi connectivity index (χ4n) is 1.58. The zero-order valence-electron chi connectivity index (χ0n) is 7.66. The highest BCUT2D eigenvalue weighted by atomic mass is 79.9. The highest BCUT2D eigenvalue weighted by Gasteiger charge is 2.19. The van der Waals surface area contributed by atoms with E-state index in [0.717, 1.165) is 19.0 Å². The molecule has 1 unspecified atom stereocenters. The molecule has 0 saturated carbocycles. The fourth-order valence-corrected chi connectivity index (χ4v) is 2.35. The SMILES string of the molecule is Clc1cnc(N2CCCC(Br)C2)nc1. The number of rotatable bonds is 1. The molecule has 1 aliphatic rings. The molecule has 1 aliphatic heterocycles. The van der Waals surface area contributed by atoms with E-state index >= 15 is 0 Å². The molecule has 0 aromatic carbocycles. The van der Waals surface area contributed by atoms with Crippen molar-refractivity contribution in [2.75, 3.05) is 18.0 Å². The summed E-state index contributed by atoms with van der Waals surface area (Å²) in [6.07, 6.45) is 5.69. The molecule has 1 aromatic heterocycles. The Balaban J connectivity index is 2.10. The lowest BCUT2D eigenvalue weighted by atomic mass is 10.1. The number of hydrogen-bond donors (Lipinski definition) is 0. The Labute approximate surface area is 96.6 Å². The largest absolute Gasteiger partial charge is 0.340 e. The zero-order valence-corrected chi connectivity index (χ0v) is 10.00. The van der Waals surface area contributed by atoms with Crippen LogP contribution >= 0.6 is 27.5 Å². The van der Waals surface area contributed by atoms with Gasteiger partial charge >= 0.3 is 0 Å². The standard InChI is InChI=1S/C9H11BrClN3/c10-7-2-1-3-14(6-7)9-12-4-8(11)5-13-9/h4-5,7H,1-3,6H2. The average Bonchev–Trinajstić information content (AvgIpc) is 2.19. The van der Waals surface area contributed by atoms with Crippen LogP contribution in [-0.4, -0.2) is 27.9 Å². The molecule has 3 nitrogen and oxygen atoms in total. The van der Waals surface area contributed by atoms with Crippen molar-refractivity contribution in [1.29, 1.82) is 0 Å². The van der Waals surface area contributed by atoms with Crippen LogP contribution in [0.25, 0.3) is 0 Å². The van der Waals surface area contributed by atoms with E-state index in [-0.39, 0.29) is 0 Å². The van der Waals surface area contributed by atoms with Crippen molar-refractivity contribution in [2.24, 2.45) is 0 Å². The third-order valence-electron chi connectivity index (χ3n) is 2.25. The summed E-state index contributed by atoms with van der Waals surface area (Å²) in [5, 5.41) is 0.584. The van der Waals surface area contributed by atoms with Crippen molar-refractivity contribution >= 4 is 33.5 Å². The molecule has 1 fully saturated rings. The highest BCUT2D eigenvalue weighted by molar-refractivity contribution is 9.09. The first kappa shape index (κ1) is 10.2. The van der Waals surface area contributed by atoms with Gasteiger partial charge in [-0.1, -0.05) is 27.5 Å². The van der Waals surface area contributed by atoms with Gasteiger partial charge in [-0.25, -0.2) is 9.97 Å². The number of halogens is 2. The molecule has 2 rings (SSSR count). The van der Waals surface area contributed by atoms with Gasteiger partial charge in [0.2, 0.25) is 5.95 Å². The summed E-state index contributed by atoms with van der Waals surface area (Å²) in [4.78, 5) is 11.1. The number of aromatic nitrogens is 2. The molecule has 76 valence electrons. The first-order valence-electron chi connectivity index (χ1n) is 4.62. The van der Waals surface area contributed by atoms with Gasteiger partial charge < -0.3 is 4.90 Å². The van der Waals surface area contributed by atoms with Crippen LogP contribution in [0.5, 0.6) is 0 Å². The lowest BCUT2D eigenvalue weighted by molar-refractivity contribution is 0.585. The molecule has 0 radical (unpaired) electrons. The molecule has 0 spiro atoms. The van der Waals surface area contributed by atoms with E-state index in [1.807, 2.05) is 0 Å². The molecule has 0 N–H and O–H groups in total. The van der Waals surface area contributed by atoms with Gasteiger partial charge in [-0.15, -0.1) is 0 Å². The van der Waals surface area contributed by atoms with Gasteiger partial charge in [0.05, 0.1) is 17.4 Å². The summed E-state index contributed by atoms with van der Waals surface area (Å²) in [5.74, 6) is 0.776. The van der Waals surface area contributed by atoms with Gasteiger partial charge in [-0.2, -0.15) is 0 Å². The van der Waals surface area contributed by atoms with E-state index in [1.165, 1.54) is 12.8 Å². The van der Waals surface area contributed by atoms with E-state index in [2.05, 4.69) is 30.8 Å². The summed E-state index contributed by atoms with van der Waals surface area (Å²) in [7, 11) is 0. The van der Waals surface area contributed by atoms with Crippen molar-refractivity contribution in [1.82, 2.24) is 9.97 Å². The van der Waals surface area contributed by atoms with Gasteiger partial charge in [-0.05, 0) is 12.8 Å². The Morgan fingerprint density at radius 3 is 2.79 bits per heavy atom. The Bertz CT molecular complexity index is 303. The summed E-state index contributed by atoms with van der Waals surface area (Å²) < 4.78 is 0. The second-order valence-corrected chi connectivity index (χ2v) is 5.12. The Hall–Kier alpha value is -0.350. The van der Waals surface area contributed by atoms with Crippen LogP contribution in [0.4, 0.5) is 5.95 Å². The lowest BCUT2D eigenvalue weighted by Gasteiger charge is -2.29. The maximum Gasteiger partial charge on any atom is 0.225 e. The molecule has 0 bridgehead atoms. The minimum Gasteiger partial charge on any atom is -0.340 e. The summed E-state index contributed by atoms with van der Waals surface area (Å²) in [5.41, 5.74) is 0. The molecular formula is C9H11BrClN3. The van der Waals surface area contributed by atoms with Crippen molar-refractivity contribution < 1.29 is 0 Å². The van der Waals surface area contributed by atoms with E-state index in [4.69, 9.17) is 11.6 Å². The second-order valence-electron chi connectivity index (χ2n) is 3.39. The molecule has 5 heteroatoms. The van der Waals surface area contributed by atoms with E-state index < -0.39 is 0 Å². The second kappa shape index (κ2) is 4.45. The van der Waals surface area contributed by atoms with Crippen LogP contribution in [-0.2, 0) is 0 Å². The molecule has 0 aliphatic carbocycles. The van der Waals surface area contributed by atoms with Crippen LogP contribution in [0.3, 0.4) is 0 Å². The van der Waals surface area contributed by atoms with Crippen LogP contribution in [0.2, 0.25) is 5.02 Å². The van der Waals surface area contributed by atoms with Gasteiger partial charge in [0.25, 0.3) is 0 Å². The number of anilines is 1. The molecule has 1 atom stereocenters. The molecular weight excluding hydrogens is 265 g/mol. The Kier molecular flexibility index (Phi) is 3.23. The zero-order chi connectivity index (χ0) is 9.97. The van der Waals surface area contributed by atoms with Crippen molar-refractivity contribution in [3.8, 4) is 0 Å². The van der Waals surface area contributed by atoms with Crippen LogP contribution in [0.15, 0.2) is 12.4 Å². The summed E-state index contributed by atoms with van der Waals surface area (Å²) in [6, 6.07) is 0. The normalized spacial score (nSPS) is 22.4. The topological polar surface area (TPSA) is 29.0 Å². The quantitative estimate of drug-likeness (QED) is 0.738. The van der Waals surface area contributed by atoms with Crippen LogP contribution < -0.4 is 4.90 Å². The van der Waals surface area contributed by atoms with Gasteiger partial charge in [0.1, 0.15) is 0 Å². The van der Waals surface area contributed by atoms with Gasteiger partial charge in [0, 0.05) is 17.9 Å². The van der Waals surface area contributed by atoms with Gasteiger partial charge in [0.15, 0.2) is 0 Å². The Morgan fingerprint density at radius 2 is 2.14 bits per heavy atom. The molecule has 1 saturated heterocycles. The first-order chi connectivity index (χ1) is 6.75. The van der Waals surface area contributed by atoms with Crippen molar-refractivity contribution in [3.05, 3.63) is 17.4 Å². The maximum atomic E-state index is 5.73. The Morgan fingerprint density at radius 1 is 1.43 bits per heavy atom. The molecule has 0 amide bonds. The summed E-state index contributed by atoms with van der Waals surface area (Å²) >= 11 is 9.34. The first-order valence-corrected chi connectivity index (χ1v) is 5.91. The third kappa shape index (κ3) is 2.36. The monoisotopic (exact) mass is 275 g/mol. The van der Waals surface area contributed by atoms with Crippen molar-refractivity contribution in [2.45, 2.75) is 17.7 Å². The summed E-state index contributed by atoms with van der Waals surface area (Å²) in [6.45, 7) is 2.01. The minimum atomic E-state index is 0.551. The fraction of sp³-hybridized carbons (Fsp3) is 0.556. The molecule has 14 heavy (non-hydrogen) atoms. The smallest absolute Gasteiger partial charge is 0.225 e. The maximum absolute atomic E-state index is 5.73. The van der Waals surface area contributed by atoms with E-state index in [0.29, 0.717) is 9.85 Å². The molecule has 1 aromatic rings. The van der Waals surface area contributed by atoms with E-state index in [9.17, 15) is 0 Å². The third-order valence-corrected chi connectivity index (χ3v) is 3.20. The number of alkyl halides is 1. The van der Waals surface area contributed by atoms with Crippen LogP contribution in [0.1, 0.15) is 12.8 Å². The molecule has 2 heterocycles. The average molecular weight is 277 g/mol. The minimum absolute atomic E-state index is 0.551. The van der Waals surface area contributed by atoms with E-state index in [1.54, 1.807) is 12.4 Å². The highest BCUT2D eigenvalue weighted by Crippen LogP contribution is 2.20. The lowest BCUT2D eigenvalue weighted by Crippen LogP contribution is -2.36. The predicted molar refractivity (Wildman–Crippen MR) is 61.2 cm³/mol. The number of nitrogens with zero attached hydrogens (tertiary/aromatic N) is 3. The van der Waals surface area contributed by atoms with Crippen molar-refractivity contribution in [3.63, 3.8) is 0 Å². The van der Waals surface area contributed by atoms with Gasteiger partial charge in [-0.3, -0.25) is 0 Å². The number of hydrogen-bond acceptors (Lipinski definition) is 3. The number of piperidine rings is 1. The van der Waals surface area contributed by atoms with Crippen LogP contribution in [0, 0.1) is 0 Å².